The summed E-state index contributed by atoms with van der Waals surface area (Å²) in [5, 5.41) is 19.6. The number of nitrogens with one attached hydrogen (secondary N) is 2. The molecule has 0 bridgehead atoms. The van der Waals surface area contributed by atoms with Crippen LogP contribution < -0.4 is 10.6 Å². The quantitative estimate of drug-likeness (QED) is 0.191. The molecule has 4 rings (SSSR count). The molecule has 5 nitrogen and oxygen atoms in total. The lowest BCUT2D eigenvalue weighted by Gasteiger charge is -2.11. The normalized spacial score (nSPS) is 10.6. The molecule has 2 N–H and O–H groups in total. The van der Waals surface area contributed by atoms with E-state index in [1.165, 1.54) is 5.56 Å². The van der Waals surface area contributed by atoms with Crippen molar-refractivity contribution in [3.63, 3.8) is 0 Å². The zero-order valence-electron chi connectivity index (χ0n) is 16.7. The molecule has 0 aliphatic carbocycles. The van der Waals surface area contributed by atoms with Gasteiger partial charge in [-0.1, -0.05) is 66.8 Å². The van der Waals surface area contributed by atoms with E-state index >= 15 is 0 Å². The van der Waals surface area contributed by atoms with Crippen molar-refractivity contribution in [2.45, 2.75) is 12.8 Å². The van der Waals surface area contributed by atoms with Crippen molar-refractivity contribution >= 4 is 50.7 Å². The summed E-state index contributed by atoms with van der Waals surface area (Å²) in [5.41, 5.74) is 3.43. The molecule has 4 aromatic carbocycles. The average molecular weight is 428 g/mol. The van der Waals surface area contributed by atoms with Gasteiger partial charge in [0.2, 0.25) is 0 Å². The molecule has 0 aliphatic heterocycles. The predicted octanol–water partition coefficient (Wildman–Crippen LogP) is 6.86. The molecule has 0 saturated carbocycles. The predicted molar refractivity (Wildman–Crippen MR) is 131 cm³/mol. The summed E-state index contributed by atoms with van der Waals surface area (Å²) in [4.78, 5) is 12.1. The first-order valence-electron chi connectivity index (χ1n) is 9.97. The minimum atomic E-state index is -0.342. The standard InChI is InChI=1S/C25H21N3O2S/c29-28(30)25-22-9-5-4-8-19(22)11-16-23(25)26-20-12-14-21(15-13-20)27-24(31)17-10-18-6-2-1-3-7-18/h1-9,11-16,26H,10,17H2,(H,27,31). The lowest BCUT2D eigenvalue weighted by molar-refractivity contribution is -0.382. The number of nitrogens with zero attached hydrogens (tertiary/aromatic N) is 1. The van der Waals surface area contributed by atoms with Gasteiger partial charge in [-0.15, -0.1) is 0 Å². The molecule has 0 atom stereocenters. The number of rotatable bonds is 7. The second-order valence-electron chi connectivity index (χ2n) is 7.18. The maximum atomic E-state index is 11.7. The van der Waals surface area contributed by atoms with Gasteiger partial charge in [0.15, 0.2) is 0 Å². The van der Waals surface area contributed by atoms with E-state index in [4.69, 9.17) is 12.2 Å². The molecule has 0 amide bonds. The van der Waals surface area contributed by atoms with Gasteiger partial charge >= 0.3 is 0 Å². The van der Waals surface area contributed by atoms with Crippen molar-refractivity contribution in [1.82, 2.24) is 0 Å². The monoisotopic (exact) mass is 427 g/mol. The molecule has 0 unspecified atom stereocenters. The first-order chi connectivity index (χ1) is 15.1. The second kappa shape index (κ2) is 9.36. The van der Waals surface area contributed by atoms with Gasteiger partial charge in [-0.05, 0) is 53.8 Å². The largest absolute Gasteiger partial charge is 0.350 e. The van der Waals surface area contributed by atoms with Gasteiger partial charge in [0.1, 0.15) is 5.69 Å². The van der Waals surface area contributed by atoms with Crippen molar-refractivity contribution in [1.29, 1.82) is 0 Å². The van der Waals surface area contributed by atoms with Crippen LogP contribution in [-0.2, 0) is 6.42 Å². The number of thiocarbonyl (C=S) groups is 1. The summed E-state index contributed by atoms with van der Waals surface area (Å²) in [6.45, 7) is 0. The summed E-state index contributed by atoms with van der Waals surface area (Å²) >= 11 is 5.46. The van der Waals surface area contributed by atoms with E-state index in [1.807, 2.05) is 60.7 Å². The van der Waals surface area contributed by atoms with E-state index in [0.717, 1.165) is 34.6 Å². The van der Waals surface area contributed by atoms with Gasteiger partial charge < -0.3 is 10.6 Å². The van der Waals surface area contributed by atoms with Gasteiger partial charge in [0.25, 0.3) is 5.69 Å². The van der Waals surface area contributed by atoms with E-state index in [0.29, 0.717) is 11.1 Å². The number of nitro benzene ring substituents is 1. The van der Waals surface area contributed by atoms with Crippen LogP contribution in [0.3, 0.4) is 0 Å². The third kappa shape index (κ3) is 5.05. The van der Waals surface area contributed by atoms with Gasteiger partial charge in [-0.25, -0.2) is 0 Å². The van der Waals surface area contributed by atoms with Gasteiger partial charge in [0.05, 0.1) is 15.3 Å². The lowest BCUT2D eigenvalue weighted by atomic mass is 10.1. The Labute approximate surface area is 185 Å². The zero-order chi connectivity index (χ0) is 21.6. The van der Waals surface area contributed by atoms with Crippen LogP contribution in [0.5, 0.6) is 0 Å². The van der Waals surface area contributed by atoms with Crippen LogP contribution in [-0.4, -0.2) is 9.91 Å². The van der Waals surface area contributed by atoms with Crippen molar-refractivity contribution in [2.24, 2.45) is 0 Å². The Hall–Kier alpha value is -3.77. The Morgan fingerprint density at radius 3 is 2.26 bits per heavy atom. The van der Waals surface area contributed by atoms with Crippen LogP contribution >= 0.6 is 12.2 Å². The lowest BCUT2D eigenvalue weighted by Crippen LogP contribution is -2.10. The number of hydrogen-bond donors (Lipinski definition) is 2. The summed E-state index contributed by atoms with van der Waals surface area (Å²) in [7, 11) is 0. The second-order valence-corrected chi connectivity index (χ2v) is 7.67. The fraction of sp³-hybridized carbons (Fsp3) is 0.0800. The molecule has 0 fully saturated rings. The average Bonchev–Trinajstić information content (AvgIpc) is 2.79. The Bertz CT molecular complexity index is 1220. The molecule has 0 spiro atoms. The molecular formula is C25H21N3O2S. The van der Waals surface area contributed by atoms with E-state index in [2.05, 4.69) is 22.8 Å². The van der Waals surface area contributed by atoms with Crippen molar-refractivity contribution in [3.05, 3.63) is 107 Å². The van der Waals surface area contributed by atoms with Crippen LogP contribution in [0.4, 0.5) is 22.7 Å². The molecule has 0 saturated heterocycles. The van der Waals surface area contributed by atoms with E-state index < -0.39 is 0 Å². The third-order valence-electron chi connectivity index (χ3n) is 5.01. The highest BCUT2D eigenvalue weighted by Gasteiger charge is 2.18. The smallest absolute Gasteiger partial charge is 0.300 e. The minimum Gasteiger partial charge on any atom is -0.350 e. The summed E-state index contributed by atoms with van der Waals surface area (Å²) < 4.78 is 0. The Morgan fingerprint density at radius 1 is 0.839 bits per heavy atom. The fourth-order valence-corrected chi connectivity index (χ4v) is 3.69. The topological polar surface area (TPSA) is 67.2 Å². The highest BCUT2D eigenvalue weighted by molar-refractivity contribution is 7.80. The number of hydrogen-bond acceptors (Lipinski definition) is 4. The SMILES string of the molecule is O=[N+]([O-])c1c(Nc2ccc(NC(=S)CCc3ccccc3)cc2)ccc2ccccc12. The molecule has 0 aromatic heterocycles. The number of benzene rings is 4. The number of nitro groups is 1. The first-order valence-corrected chi connectivity index (χ1v) is 10.4. The molecule has 4 aromatic rings. The summed E-state index contributed by atoms with van der Waals surface area (Å²) in [6.07, 6.45) is 1.65. The zero-order valence-corrected chi connectivity index (χ0v) is 17.6. The highest BCUT2D eigenvalue weighted by atomic mass is 32.1. The van der Waals surface area contributed by atoms with E-state index in [-0.39, 0.29) is 10.6 Å². The summed E-state index contributed by atoms with van der Waals surface area (Å²) in [5.74, 6) is 0. The molecule has 0 radical (unpaired) electrons. The Balaban J connectivity index is 1.43. The van der Waals surface area contributed by atoms with Crippen LogP contribution in [0.2, 0.25) is 0 Å². The van der Waals surface area contributed by atoms with Gasteiger partial charge in [0, 0.05) is 17.8 Å². The van der Waals surface area contributed by atoms with Crippen LogP contribution in [0.1, 0.15) is 12.0 Å². The molecule has 31 heavy (non-hydrogen) atoms. The highest BCUT2D eigenvalue weighted by Crippen LogP contribution is 2.35. The number of fused-ring (bicyclic) bond motifs is 1. The van der Waals surface area contributed by atoms with Crippen molar-refractivity contribution in [3.8, 4) is 0 Å². The Kier molecular flexibility index (Phi) is 6.19. The fourth-order valence-electron chi connectivity index (χ4n) is 3.47. The van der Waals surface area contributed by atoms with Crippen LogP contribution in [0.25, 0.3) is 10.8 Å². The van der Waals surface area contributed by atoms with Gasteiger partial charge in [-0.3, -0.25) is 10.1 Å². The molecular weight excluding hydrogens is 406 g/mol. The molecule has 154 valence electrons. The van der Waals surface area contributed by atoms with Gasteiger partial charge in [-0.2, -0.15) is 0 Å². The maximum absolute atomic E-state index is 11.7. The Morgan fingerprint density at radius 2 is 1.52 bits per heavy atom. The minimum absolute atomic E-state index is 0.0717. The van der Waals surface area contributed by atoms with Crippen LogP contribution in [0, 0.1) is 10.1 Å². The first kappa shape index (κ1) is 20.5. The molecule has 0 heterocycles. The number of aryl methyl sites for hydroxylation is 1. The van der Waals surface area contributed by atoms with Crippen LogP contribution in [0.15, 0.2) is 91.0 Å². The summed E-state index contributed by atoms with van der Waals surface area (Å²) in [6, 6.07) is 28.7. The maximum Gasteiger partial charge on any atom is 0.300 e. The van der Waals surface area contributed by atoms with E-state index in [1.54, 1.807) is 18.2 Å². The molecule has 6 heteroatoms. The van der Waals surface area contributed by atoms with Crippen molar-refractivity contribution < 1.29 is 4.92 Å². The van der Waals surface area contributed by atoms with E-state index in [9.17, 15) is 10.1 Å². The van der Waals surface area contributed by atoms with Crippen molar-refractivity contribution in [2.75, 3.05) is 10.6 Å². The third-order valence-corrected chi connectivity index (χ3v) is 5.32. The molecule has 0 aliphatic rings. The number of anilines is 3.